The minimum Gasteiger partial charge on any atom is -0.245 e. The molecule has 0 aromatic heterocycles. The molecular formula is C3H2ClN. The topological polar surface area (TPSA) is 4.36 Å². The molecule has 5 heavy (non-hydrogen) atoms. The van der Waals surface area contributed by atoms with Gasteiger partial charge in [-0.3, -0.25) is 0 Å². The molecule has 0 radical (unpaired) electrons. The van der Waals surface area contributed by atoms with E-state index in [1.54, 1.807) is 0 Å². The second-order valence-corrected chi connectivity index (χ2v) is 0.656. The van der Waals surface area contributed by atoms with E-state index in [9.17, 15) is 0 Å². The smallest absolute Gasteiger partial charge is 0.165 e. The van der Waals surface area contributed by atoms with Crippen LogP contribution in [0.1, 0.15) is 0 Å². The minimum absolute atomic E-state index is 1.17. The van der Waals surface area contributed by atoms with Crippen LogP contribution < -0.4 is 0 Å². The summed E-state index contributed by atoms with van der Waals surface area (Å²) in [5.74, 6) is 0. The van der Waals surface area contributed by atoms with E-state index in [1.165, 1.54) is 11.7 Å². The molecule has 0 saturated carbocycles. The number of hydrogen-bond acceptors (Lipinski definition) is 0. The Bertz CT molecular complexity index is 69.5. The van der Waals surface area contributed by atoms with Gasteiger partial charge < -0.3 is 0 Å². The standard InChI is InChI=1S/C3H2ClN/c1-5-3-2-4/h2-3H. The first-order chi connectivity index (χ1) is 2.41. The highest BCUT2D eigenvalue weighted by atomic mass is 35.5. The number of nitrogens with zero attached hydrogens (tertiary/aromatic N) is 1. The Morgan fingerprint density at radius 2 is 2.40 bits per heavy atom. The van der Waals surface area contributed by atoms with Crippen molar-refractivity contribution in [3.63, 3.8) is 0 Å². The summed E-state index contributed by atoms with van der Waals surface area (Å²) in [6, 6.07) is 0. The molecule has 0 bridgehead atoms. The van der Waals surface area contributed by atoms with Crippen molar-refractivity contribution < 1.29 is 0 Å². The van der Waals surface area contributed by atoms with E-state index in [0.717, 1.165) is 0 Å². The zero-order valence-corrected chi connectivity index (χ0v) is 3.24. The first kappa shape index (κ1) is 4.52. The van der Waals surface area contributed by atoms with Gasteiger partial charge in [-0.15, -0.1) is 11.6 Å². The Labute approximate surface area is 35.7 Å². The lowest BCUT2D eigenvalue weighted by Gasteiger charge is -1.48. The van der Waals surface area contributed by atoms with Crippen LogP contribution in [0.25, 0.3) is 4.85 Å². The molecule has 0 aromatic carbocycles. The third-order valence-electron chi connectivity index (χ3n) is 0.131. The molecule has 0 aliphatic heterocycles. The maximum absolute atomic E-state index is 6.06. The van der Waals surface area contributed by atoms with Gasteiger partial charge in [0.2, 0.25) is 0 Å². The van der Waals surface area contributed by atoms with Gasteiger partial charge in [0.25, 0.3) is 0 Å². The molecule has 0 atom stereocenters. The lowest BCUT2D eigenvalue weighted by Crippen LogP contribution is -1.22. The van der Waals surface area contributed by atoms with Crippen molar-refractivity contribution in [1.82, 2.24) is 0 Å². The molecular weight excluding hydrogens is 85.5 g/mol. The van der Waals surface area contributed by atoms with E-state index >= 15 is 0 Å². The molecule has 0 N–H and O–H groups in total. The fraction of sp³-hybridized carbons (Fsp3) is 0. The van der Waals surface area contributed by atoms with Gasteiger partial charge in [-0.1, -0.05) is 0 Å². The van der Waals surface area contributed by atoms with Crippen molar-refractivity contribution >= 4 is 11.6 Å². The van der Waals surface area contributed by atoms with Gasteiger partial charge in [-0.05, 0) is 0 Å². The molecule has 1 nitrogen and oxygen atoms in total. The summed E-state index contributed by atoms with van der Waals surface area (Å²) in [4.78, 5) is 2.79. The maximum Gasteiger partial charge on any atom is 0.165 e. The Morgan fingerprint density at radius 1 is 1.80 bits per heavy atom. The second-order valence-electron chi connectivity index (χ2n) is 0.404. The van der Waals surface area contributed by atoms with Crippen molar-refractivity contribution in [3.05, 3.63) is 23.2 Å². The molecule has 0 rings (SSSR count). The molecule has 0 aliphatic rings. The van der Waals surface area contributed by atoms with Crippen molar-refractivity contribution in [1.29, 1.82) is 0 Å². The third kappa shape index (κ3) is 3.52. The van der Waals surface area contributed by atoms with Crippen LogP contribution in [0, 0.1) is 6.57 Å². The van der Waals surface area contributed by atoms with E-state index in [1.807, 2.05) is 0 Å². The van der Waals surface area contributed by atoms with Gasteiger partial charge in [0, 0.05) is 5.54 Å². The summed E-state index contributed by atoms with van der Waals surface area (Å²) >= 11 is 4.91. The fourth-order valence-corrected chi connectivity index (χ4v) is 0.0845. The highest BCUT2D eigenvalue weighted by molar-refractivity contribution is 6.25. The molecule has 0 aromatic rings. The maximum atomic E-state index is 6.06. The molecule has 0 unspecified atom stereocenters. The van der Waals surface area contributed by atoms with Crippen LogP contribution in [0.2, 0.25) is 0 Å². The molecule has 0 fully saturated rings. The molecule has 26 valence electrons. The zero-order valence-electron chi connectivity index (χ0n) is 2.48. The Kier molecular flexibility index (Phi) is 3.18. The van der Waals surface area contributed by atoms with Crippen LogP contribution in [-0.4, -0.2) is 0 Å². The number of hydrogen-bond donors (Lipinski definition) is 0. The van der Waals surface area contributed by atoms with Crippen LogP contribution in [0.3, 0.4) is 0 Å². The Morgan fingerprint density at radius 3 is 2.40 bits per heavy atom. The van der Waals surface area contributed by atoms with E-state index in [2.05, 4.69) is 4.85 Å². The molecule has 0 saturated heterocycles. The second kappa shape index (κ2) is 3.52. The normalized spacial score (nSPS) is 8.00. The van der Waals surface area contributed by atoms with Crippen LogP contribution in [0.15, 0.2) is 11.7 Å². The molecule has 2 heteroatoms. The molecule has 0 aliphatic carbocycles. The third-order valence-corrected chi connectivity index (χ3v) is 0.244. The predicted octanol–water partition coefficient (Wildman–Crippen LogP) is 1.62. The van der Waals surface area contributed by atoms with Gasteiger partial charge in [0.1, 0.15) is 0 Å². The van der Waals surface area contributed by atoms with Crippen LogP contribution in [-0.2, 0) is 0 Å². The van der Waals surface area contributed by atoms with Gasteiger partial charge in [-0.2, -0.15) is 0 Å². The quantitative estimate of drug-likeness (QED) is 0.396. The van der Waals surface area contributed by atoms with Crippen LogP contribution in [0.4, 0.5) is 0 Å². The van der Waals surface area contributed by atoms with E-state index in [0.29, 0.717) is 0 Å². The lowest BCUT2D eigenvalue weighted by molar-refractivity contribution is 2.08. The van der Waals surface area contributed by atoms with Crippen molar-refractivity contribution in [3.8, 4) is 0 Å². The van der Waals surface area contributed by atoms with Crippen LogP contribution in [0.5, 0.6) is 0 Å². The van der Waals surface area contributed by atoms with E-state index in [-0.39, 0.29) is 0 Å². The minimum atomic E-state index is 1.17. The molecule has 0 spiro atoms. The first-order valence-electron chi connectivity index (χ1n) is 1.03. The average Bonchev–Trinajstić information content (AvgIpc) is 1.41. The molecule has 0 heterocycles. The van der Waals surface area contributed by atoms with E-state index in [4.69, 9.17) is 18.2 Å². The highest BCUT2D eigenvalue weighted by Crippen LogP contribution is 1.74. The van der Waals surface area contributed by atoms with Crippen molar-refractivity contribution in [2.24, 2.45) is 0 Å². The van der Waals surface area contributed by atoms with Gasteiger partial charge >= 0.3 is 0 Å². The summed E-state index contributed by atoms with van der Waals surface area (Å²) in [6.45, 7) is 6.06. The van der Waals surface area contributed by atoms with Crippen molar-refractivity contribution in [2.75, 3.05) is 0 Å². The molecule has 0 amide bonds. The fourth-order valence-electron chi connectivity index (χ4n) is 0.0282. The largest absolute Gasteiger partial charge is 0.245 e. The summed E-state index contributed by atoms with van der Waals surface area (Å²) in [5, 5.41) is 0. The van der Waals surface area contributed by atoms with Gasteiger partial charge in [-0.25, -0.2) is 4.85 Å². The Balaban J connectivity index is 3.04. The summed E-state index contributed by atoms with van der Waals surface area (Å²) < 4.78 is 0. The van der Waals surface area contributed by atoms with Crippen molar-refractivity contribution in [2.45, 2.75) is 0 Å². The number of rotatable bonds is 0. The predicted molar refractivity (Wildman–Crippen MR) is 21.6 cm³/mol. The Hall–Kier alpha value is -0.480. The van der Waals surface area contributed by atoms with Gasteiger partial charge in [0.15, 0.2) is 6.20 Å². The highest BCUT2D eigenvalue weighted by Gasteiger charge is 1.46. The van der Waals surface area contributed by atoms with E-state index < -0.39 is 0 Å². The summed E-state index contributed by atoms with van der Waals surface area (Å²) in [7, 11) is 0. The first-order valence-corrected chi connectivity index (χ1v) is 1.47. The zero-order chi connectivity index (χ0) is 4.12. The summed E-state index contributed by atoms with van der Waals surface area (Å²) in [6.07, 6.45) is 1.18. The SMILES string of the molecule is [C-]#[N+]C=CCl. The summed E-state index contributed by atoms with van der Waals surface area (Å²) in [5.41, 5.74) is 1.17. The van der Waals surface area contributed by atoms with Crippen LogP contribution >= 0.6 is 11.6 Å². The average molecular weight is 87.5 g/mol. The van der Waals surface area contributed by atoms with Gasteiger partial charge in [0.05, 0.1) is 6.57 Å². The number of halogens is 1. The monoisotopic (exact) mass is 87.0 g/mol. The lowest BCUT2D eigenvalue weighted by atomic mass is 11.1.